The van der Waals surface area contributed by atoms with Crippen molar-refractivity contribution in [2.75, 3.05) is 59.2 Å². The second-order valence-electron chi connectivity index (χ2n) is 8.25. The van der Waals surface area contributed by atoms with Crippen LogP contribution in [0, 0.1) is 5.92 Å². The Morgan fingerprint density at radius 2 is 1.69 bits per heavy atom. The van der Waals surface area contributed by atoms with Gasteiger partial charge in [-0.3, -0.25) is 0 Å². The van der Waals surface area contributed by atoms with Crippen LogP contribution >= 0.6 is 15.9 Å². The standard InChI is InChI=1S/C24H36BrN5O2/c1-29(2)15-18(12-13-26)16-30(17-20(14-27)19-4-6-21(25)7-5-19)24(31)28-22-8-10-23(32-3)11-9-22/h4-11,18,20H,12-17,26-27H2,1-3H3,(H,28,31)/t18?,20-/m0/s1. The molecule has 0 fully saturated rings. The topological polar surface area (TPSA) is 96.8 Å². The summed E-state index contributed by atoms with van der Waals surface area (Å²) in [5.74, 6) is 1.04. The summed E-state index contributed by atoms with van der Waals surface area (Å²) < 4.78 is 6.22. The van der Waals surface area contributed by atoms with Crippen LogP contribution in [0.1, 0.15) is 17.9 Å². The molecular weight excluding hydrogens is 470 g/mol. The summed E-state index contributed by atoms with van der Waals surface area (Å²) in [6.07, 6.45) is 0.843. The number of urea groups is 1. The van der Waals surface area contributed by atoms with E-state index in [2.05, 4.69) is 38.3 Å². The molecule has 0 spiro atoms. The largest absolute Gasteiger partial charge is 0.497 e. The molecular formula is C24H36BrN5O2. The van der Waals surface area contributed by atoms with Crippen LogP contribution in [0.15, 0.2) is 53.0 Å². The Labute approximate surface area is 200 Å². The zero-order chi connectivity index (χ0) is 23.5. The monoisotopic (exact) mass is 505 g/mol. The van der Waals surface area contributed by atoms with E-state index in [-0.39, 0.29) is 17.9 Å². The van der Waals surface area contributed by atoms with Crippen LogP contribution in [-0.2, 0) is 0 Å². The number of halogens is 1. The summed E-state index contributed by atoms with van der Waals surface area (Å²) in [4.78, 5) is 17.3. The van der Waals surface area contributed by atoms with Crippen LogP contribution in [0.25, 0.3) is 0 Å². The van der Waals surface area contributed by atoms with Gasteiger partial charge in [-0.05, 0) is 74.9 Å². The molecule has 0 saturated carbocycles. The molecule has 0 saturated heterocycles. The number of methoxy groups -OCH3 is 1. The molecule has 2 aromatic carbocycles. The predicted molar refractivity (Wildman–Crippen MR) is 135 cm³/mol. The van der Waals surface area contributed by atoms with Crippen molar-refractivity contribution < 1.29 is 9.53 Å². The average Bonchev–Trinajstić information content (AvgIpc) is 2.77. The van der Waals surface area contributed by atoms with Gasteiger partial charge in [-0.2, -0.15) is 0 Å². The average molecular weight is 506 g/mol. The first-order valence-corrected chi connectivity index (χ1v) is 11.7. The van der Waals surface area contributed by atoms with Crippen LogP contribution in [-0.4, -0.2) is 69.8 Å². The predicted octanol–water partition coefficient (Wildman–Crippen LogP) is 3.56. The molecule has 2 rings (SSSR count). The number of amides is 2. The van der Waals surface area contributed by atoms with Gasteiger partial charge in [-0.25, -0.2) is 4.79 Å². The van der Waals surface area contributed by atoms with E-state index in [9.17, 15) is 4.79 Å². The van der Waals surface area contributed by atoms with E-state index in [1.54, 1.807) is 7.11 Å². The van der Waals surface area contributed by atoms with Gasteiger partial charge in [0.1, 0.15) is 5.75 Å². The van der Waals surface area contributed by atoms with Gasteiger partial charge >= 0.3 is 6.03 Å². The molecule has 2 amide bonds. The highest BCUT2D eigenvalue weighted by Gasteiger charge is 2.23. The fraction of sp³-hybridized carbons (Fsp3) is 0.458. The van der Waals surface area contributed by atoms with Crippen LogP contribution in [0.5, 0.6) is 5.75 Å². The second kappa shape index (κ2) is 13.4. The lowest BCUT2D eigenvalue weighted by Crippen LogP contribution is -2.44. The summed E-state index contributed by atoms with van der Waals surface area (Å²) in [6.45, 7) is 3.01. The fourth-order valence-corrected chi connectivity index (χ4v) is 4.00. The molecule has 0 radical (unpaired) electrons. The Bertz CT molecular complexity index is 814. The van der Waals surface area contributed by atoms with E-state index in [1.807, 2.05) is 55.4 Å². The molecule has 8 heteroatoms. The maximum Gasteiger partial charge on any atom is 0.321 e. The Kier molecular flexibility index (Phi) is 11.0. The third-order valence-electron chi connectivity index (χ3n) is 5.37. The van der Waals surface area contributed by atoms with Crippen molar-refractivity contribution in [3.05, 3.63) is 58.6 Å². The van der Waals surface area contributed by atoms with Gasteiger partial charge in [0.05, 0.1) is 7.11 Å². The lowest BCUT2D eigenvalue weighted by atomic mass is 9.97. The minimum atomic E-state index is -0.147. The van der Waals surface area contributed by atoms with Crippen LogP contribution in [0.4, 0.5) is 10.5 Å². The zero-order valence-corrected chi connectivity index (χ0v) is 20.8. The van der Waals surface area contributed by atoms with Gasteiger partial charge in [0.15, 0.2) is 0 Å². The van der Waals surface area contributed by atoms with Gasteiger partial charge in [0.2, 0.25) is 0 Å². The van der Waals surface area contributed by atoms with Crippen LogP contribution in [0.3, 0.4) is 0 Å². The lowest BCUT2D eigenvalue weighted by molar-refractivity contribution is 0.185. The van der Waals surface area contributed by atoms with Crippen molar-refractivity contribution in [2.24, 2.45) is 17.4 Å². The molecule has 0 aromatic heterocycles. The highest BCUT2D eigenvalue weighted by atomic mass is 79.9. The minimum Gasteiger partial charge on any atom is -0.497 e. The molecule has 176 valence electrons. The summed E-state index contributed by atoms with van der Waals surface area (Å²) in [6, 6.07) is 15.3. The number of ether oxygens (including phenoxy) is 1. The number of carbonyl (C=O) groups excluding carboxylic acids is 1. The third kappa shape index (κ3) is 8.43. The molecule has 0 aliphatic rings. The highest BCUT2D eigenvalue weighted by molar-refractivity contribution is 9.10. The van der Waals surface area contributed by atoms with E-state index in [0.717, 1.165) is 34.4 Å². The van der Waals surface area contributed by atoms with Crippen molar-refractivity contribution in [3.63, 3.8) is 0 Å². The molecule has 0 bridgehead atoms. The summed E-state index contributed by atoms with van der Waals surface area (Å²) in [7, 11) is 5.69. The second-order valence-corrected chi connectivity index (χ2v) is 9.17. The summed E-state index contributed by atoms with van der Waals surface area (Å²) in [5.41, 5.74) is 13.8. The summed E-state index contributed by atoms with van der Waals surface area (Å²) in [5, 5.41) is 3.02. The summed E-state index contributed by atoms with van der Waals surface area (Å²) >= 11 is 3.48. The van der Waals surface area contributed by atoms with E-state index in [1.165, 1.54) is 0 Å². The molecule has 0 aliphatic heterocycles. The highest BCUT2D eigenvalue weighted by Crippen LogP contribution is 2.22. The Morgan fingerprint density at radius 1 is 1.03 bits per heavy atom. The van der Waals surface area contributed by atoms with Crippen molar-refractivity contribution >= 4 is 27.6 Å². The molecule has 0 aliphatic carbocycles. The van der Waals surface area contributed by atoms with E-state index in [4.69, 9.17) is 16.2 Å². The molecule has 7 nitrogen and oxygen atoms in total. The van der Waals surface area contributed by atoms with Crippen molar-refractivity contribution in [3.8, 4) is 5.75 Å². The Balaban J connectivity index is 2.22. The normalized spacial score (nSPS) is 13.0. The lowest BCUT2D eigenvalue weighted by Gasteiger charge is -2.32. The van der Waals surface area contributed by atoms with Gasteiger partial charge in [-0.15, -0.1) is 0 Å². The van der Waals surface area contributed by atoms with E-state index < -0.39 is 0 Å². The Morgan fingerprint density at radius 3 is 2.22 bits per heavy atom. The number of benzene rings is 2. The number of rotatable bonds is 12. The van der Waals surface area contributed by atoms with Gasteiger partial charge < -0.3 is 31.3 Å². The first kappa shape index (κ1) is 26.1. The number of anilines is 1. The van der Waals surface area contributed by atoms with Crippen molar-refractivity contribution in [1.82, 2.24) is 9.80 Å². The van der Waals surface area contributed by atoms with Gasteiger partial charge in [0.25, 0.3) is 0 Å². The number of hydrogen-bond donors (Lipinski definition) is 3. The molecule has 0 heterocycles. The maximum absolute atomic E-state index is 13.3. The Hall–Kier alpha value is -2.13. The van der Waals surface area contributed by atoms with E-state index >= 15 is 0 Å². The number of nitrogens with two attached hydrogens (primary N) is 2. The van der Waals surface area contributed by atoms with Gasteiger partial charge in [-0.1, -0.05) is 28.1 Å². The molecule has 1 unspecified atom stereocenters. The molecule has 2 aromatic rings. The SMILES string of the molecule is COc1ccc(NC(=O)N(CC(CCN)CN(C)C)C[C@H](CN)c2ccc(Br)cc2)cc1. The van der Waals surface area contributed by atoms with Crippen LogP contribution < -0.4 is 21.5 Å². The number of carbonyl (C=O) groups is 1. The maximum atomic E-state index is 13.3. The molecule has 2 atom stereocenters. The van der Waals surface area contributed by atoms with E-state index in [0.29, 0.717) is 26.2 Å². The fourth-order valence-electron chi connectivity index (χ4n) is 3.74. The third-order valence-corrected chi connectivity index (χ3v) is 5.90. The quantitative estimate of drug-likeness (QED) is 0.409. The first-order chi connectivity index (χ1) is 15.4. The number of nitrogens with zero attached hydrogens (tertiary/aromatic N) is 2. The van der Waals surface area contributed by atoms with Crippen molar-refractivity contribution in [1.29, 1.82) is 0 Å². The van der Waals surface area contributed by atoms with Gasteiger partial charge in [0, 0.05) is 42.3 Å². The smallest absolute Gasteiger partial charge is 0.321 e. The molecule has 32 heavy (non-hydrogen) atoms. The number of hydrogen-bond acceptors (Lipinski definition) is 5. The number of nitrogens with one attached hydrogen (secondary N) is 1. The first-order valence-electron chi connectivity index (χ1n) is 10.9. The minimum absolute atomic E-state index is 0.0302. The molecule has 5 N–H and O–H groups in total. The van der Waals surface area contributed by atoms with Crippen molar-refractivity contribution in [2.45, 2.75) is 12.3 Å². The zero-order valence-electron chi connectivity index (χ0n) is 19.3. The van der Waals surface area contributed by atoms with Crippen LogP contribution in [0.2, 0.25) is 0 Å².